The van der Waals surface area contributed by atoms with Crippen molar-refractivity contribution in [1.82, 2.24) is 9.97 Å². The van der Waals surface area contributed by atoms with Crippen molar-refractivity contribution < 1.29 is 28.9 Å². The average Bonchev–Trinajstić information content (AvgIpc) is 3.20. The number of phenolic OH excluding ortho intramolecular Hbond substituents is 1. The highest BCUT2D eigenvalue weighted by atomic mass is 16.5. The number of hydrogen-bond donors (Lipinski definition) is 4. The van der Waals surface area contributed by atoms with Gasteiger partial charge in [0.15, 0.2) is 5.43 Å². The van der Waals surface area contributed by atoms with Crippen molar-refractivity contribution in [2.24, 2.45) is 0 Å². The molecule has 0 amide bonds. The Hall–Kier alpha value is -7.14. The van der Waals surface area contributed by atoms with Gasteiger partial charge in [0.1, 0.15) is 28.6 Å². The molecule has 0 bridgehead atoms. The van der Waals surface area contributed by atoms with Gasteiger partial charge < -0.3 is 34.7 Å². The Balaban J connectivity index is 1.30. The van der Waals surface area contributed by atoms with Gasteiger partial charge in [0.05, 0.1) is 52.3 Å². The minimum Gasteiger partial charge on any atom is -0.507 e. The van der Waals surface area contributed by atoms with E-state index in [1.54, 1.807) is 42.5 Å². The third-order valence-corrected chi connectivity index (χ3v) is 9.96. The molecule has 0 radical (unpaired) electrons. The number of phenols is 1. The van der Waals surface area contributed by atoms with Crippen LogP contribution in [0.3, 0.4) is 0 Å². The lowest BCUT2D eigenvalue weighted by Gasteiger charge is -2.21. The molecule has 57 heavy (non-hydrogen) atoms. The highest BCUT2D eigenvalue weighted by Gasteiger charge is 2.25. The number of aromatic hydroxyl groups is 1. The van der Waals surface area contributed by atoms with Crippen molar-refractivity contribution in [3.8, 4) is 39.7 Å². The Kier molecular flexibility index (Phi) is 9.81. The first-order valence-corrected chi connectivity index (χ1v) is 18.7. The van der Waals surface area contributed by atoms with E-state index < -0.39 is 5.97 Å². The third-order valence-electron chi connectivity index (χ3n) is 9.96. The van der Waals surface area contributed by atoms with E-state index in [1.165, 1.54) is 6.07 Å². The molecule has 286 valence electrons. The predicted octanol–water partition coefficient (Wildman–Crippen LogP) is 9.70. The fourth-order valence-corrected chi connectivity index (χ4v) is 7.28. The van der Waals surface area contributed by atoms with Crippen LogP contribution in [0, 0.1) is 13.8 Å². The largest absolute Gasteiger partial charge is 0.507 e. The standard InChI is InChI=1S/C46H40N4O7/c1-5-55-31-19-29-9-7-25(3)49-42(29)37(21-31)47-23-35-39(51)17-15-33-41(27-11-13-28(14-12-27)46(53)54)34-16-18-40(52)36(45(34)57-44(33)35)24-48-38-22-32(56-6-2)20-30-10-8-26(4)50-43(30)38/h7-22,47-48,51H,5-6,23-24H2,1-4H3,(H,53,54). The number of nitrogens with zero attached hydrogens (tertiary/aromatic N) is 2. The maximum Gasteiger partial charge on any atom is 0.335 e. The number of anilines is 2. The quantitative estimate of drug-likeness (QED) is 0.0880. The first-order chi connectivity index (χ1) is 27.6. The SMILES string of the molecule is CCOc1cc(NCc2c3oc4c(CNc5cc(OCC)cc6ccc(C)nc56)c(O)ccc4c(-c4ccc(C(=O)O)cc4)c-3ccc2=O)c2nc(C)ccc2c1. The maximum absolute atomic E-state index is 13.9. The molecule has 1 aliphatic heterocycles. The summed E-state index contributed by atoms with van der Waals surface area (Å²) < 4.78 is 18.5. The van der Waals surface area contributed by atoms with Gasteiger partial charge in [-0.2, -0.15) is 0 Å². The molecule has 1 aliphatic carbocycles. The van der Waals surface area contributed by atoms with Gasteiger partial charge in [-0.1, -0.05) is 24.3 Å². The van der Waals surface area contributed by atoms with Gasteiger partial charge in [-0.3, -0.25) is 14.8 Å². The zero-order valence-electron chi connectivity index (χ0n) is 31.9. The van der Waals surface area contributed by atoms with Gasteiger partial charge in [-0.15, -0.1) is 0 Å². The summed E-state index contributed by atoms with van der Waals surface area (Å²) >= 11 is 0. The van der Waals surface area contributed by atoms with E-state index in [-0.39, 0.29) is 29.8 Å². The van der Waals surface area contributed by atoms with Crippen molar-refractivity contribution >= 4 is 50.1 Å². The number of aromatic carboxylic acids is 1. The van der Waals surface area contributed by atoms with Crippen LogP contribution >= 0.6 is 0 Å². The second kappa shape index (κ2) is 15.2. The summed E-state index contributed by atoms with van der Waals surface area (Å²) in [5.74, 6) is 0.602. The molecule has 11 heteroatoms. The number of ether oxygens (including phenoxy) is 2. The van der Waals surface area contributed by atoms with Crippen molar-refractivity contribution in [3.05, 3.63) is 135 Å². The molecule has 4 aromatic carbocycles. The lowest BCUT2D eigenvalue weighted by Crippen LogP contribution is -2.15. The molecule has 0 saturated carbocycles. The van der Waals surface area contributed by atoms with Crippen LogP contribution < -0.4 is 25.5 Å². The molecule has 8 rings (SSSR count). The van der Waals surface area contributed by atoms with E-state index in [2.05, 4.69) is 10.6 Å². The Morgan fingerprint density at radius 3 is 1.86 bits per heavy atom. The molecule has 0 fully saturated rings. The van der Waals surface area contributed by atoms with Crippen molar-refractivity contribution in [3.63, 3.8) is 0 Å². The van der Waals surface area contributed by atoms with Gasteiger partial charge in [-0.25, -0.2) is 4.79 Å². The maximum atomic E-state index is 13.9. The summed E-state index contributed by atoms with van der Waals surface area (Å²) in [6.45, 7) is 8.87. The van der Waals surface area contributed by atoms with Crippen LogP contribution in [0.2, 0.25) is 0 Å². The van der Waals surface area contributed by atoms with E-state index in [4.69, 9.17) is 23.9 Å². The molecule has 0 saturated heterocycles. The zero-order valence-corrected chi connectivity index (χ0v) is 31.9. The lowest BCUT2D eigenvalue weighted by molar-refractivity contribution is 0.0697. The van der Waals surface area contributed by atoms with E-state index >= 15 is 0 Å². The molecule has 0 atom stereocenters. The van der Waals surface area contributed by atoms with Crippen LogP contribution in [-0.2, 0) is 13.1 Å². The number of aromatic nitrogens is 2. The first-order valence-electron chi connectivity index (χ1n) is 18.7. The van der Waals surface area contributed by atoms with Gasteiger partial charge >= 0.3 is 5.97 Å². The molecule has 0 unspecified atom stereocenters. The summed E-state index contributed by atoms with van der Waals surface area (Å²) in [4.78, 5) is 35.3. The summed E-state index contributed by atoms with van der Waals surface area (Å²) in [6.07, 6.45) is 0. The van der Waals surface area contributed by atoms with Gasteiger partial charge in [0, 0.05) is 63.9 Å². The highest BCUT2D eigenvalue weighted by Crippen LogP contribution is 2.44. The Morgan fingerprint density at radius 1 is 0.719 bits per heavy atom. The molecule has 6 aromatic rings. The second-order valence-electron chi connectivity index (χ2n) is 13.8. The van der Waals surface area contributed by atoms with Crippen LogP contribution in [-0.4, -0.2) is 39.4 Å². The zero-order chi connectivity index (χ0) is 39.8. The molecule has 2 aliphatic rings. The summed E-state index contributed by atoms with van der Waals surface area (Å²) in [5, 5.41) is 30.5. The first kappa shape index (κ1) is 36.8. The number of pyridine rings is 2. The van der Waals surface area contributed by atoms with E-state index in [1.807, 2.05) is 76.2 Å². The summed E-state index contributed by atoms with van der Waals surface area (Å²) in [7, 11) is 0. The average molecular weight is 761 g/mol. The third kappa shape index (κ3) is 7.11. The lowest BCUT2D eigenvalue weighted by atomic mass is 9.90. The molecule has 11 nitrogen and oxygen atoms in total. The van der Waals surface area contributed by atoms with Crippen LogP contribution in [0.25, 0.3) is 55.2 Å². The van der Waals surface area contributed by atoms with E-state index in [0.29, 0.717) is 80.6 Å². The number of aryl methyl sites for hydroxylation is 2. The fourth-order valence-electron chi connectivity index (χ4n) is 7.28. The number of carboxylic acids is 1. The van der Waals surface area contributed by atoms with Crippen molar-refractivity contribution in [2.45, 2.75) is 40.8 Å². The topological polar surface area (TPSA) is 156 Å². The number of hydrogen-bond acceptors (Lipinski definition) is 10. The van der Waals surface area contributed by atoms with E-state index in [0.717, 1.165) is 33.2 Å². The van der Waals surface area contributed by atoms with E-state index in [9.17, 15) is 19.8 Å². The number of rotatable bonds is 12. The number of benzene rings is 5. The molecular formula is C46H40N4O7. The minimum atomic E-state index is -1.04. The van der Waals surface area contributed by atoms with Crippen LogP contribution in [0.5, 0.6) is 17.2 Å². The number of carbonyl (C=O) groups is 1. The van der Waals surface area contributed by atoms with Crippen LogP contribution in [0.15, 0.2) is 106 Å². The monoisotopic (exact) mass is 760 g/mol. The molecule has 3 heterocycles. The van der Waals surface area contributed by atoms with Crippen LogP contribution in [0.4, 0.5) is 11.4 Å². The van der Waals surface area contributed by atoms with Gasteiger partial charge in [0.2, 0.25) is 0 Å². The molecule has 4 N–H and O–H groups in total. The normalized spacial score (nSPS) is 11.4. The Morgan fingerprint density at radius 2 is 1.30 bits per heavy atom. The van der Waals surface area contributed by atoms with Crippen LogP contribution in [0.1, 0.15) is 46.7 Å². The smallest absolute Gasteiger partial charge is 0.335 e. The fraction of sp³-hybridized carbons (Fsp3) is 0.174. The van der Waals surface area contributed by atoms with Crippen molar-refractivity contribution in [1.29, 1.82) is 0 Å². The predicted molar refractivity (Wildman–Crippen MR) is 223 cm³/mol. The molecule has 2 aromatic heterocycles. The Bertz CT molecular complexity index is 2870. The molecular weight excluding hydrogens is 721 g/mol. The highest BCUT2D eigenvalue weighted by molar-refractivity contribution is 6.04. The minimum absolute atomic E-state index is 0.0155. The van der Waals surface area contributed by atoms with Crippen molar-refractivity contribution in [2.75, 3.05) is 23.8 Å². The second-order valence-corrected chi connectivity index (χ2v) is 13.8. The van der Waals surface area contributed by atoms with Gasteiger partial charge in [-0.05, 0) is 93.9 Å². The number of fused-ring (bicyclic) bond motifs is 4. The van der Waals surface area contributed by atoms with Gasteiger partial charge in [0.25, 0.3) is 0 Å². The molecule has 0 spiro atoms. The summed E-state index contributed by atoms with van der Waals surface area (Å²) in [5.41, 5.74) is 7.68. The number of carboxylic acid groups (broad SMARTS) is 1. The Labute approximate surface area is 327 Å². The summed E-state index contributed by atoms with van der Waals surface area (Å²) in [6, 6.07) is 28.7. The number of nitrogens with one attached hydrogen (secondary N) is 2.